The Labute approximate surface area is 103 Å². The maximum Gasteiger partial charge on any atom is 0.255 e. The normalized spacial score (nSPS) is 17.9. The van der Waals surface area contributed by atoms with Gasteiger partial charge in [0.05, 0.1) is 11.6 Å². The highest BCUT2D eigenvalue weighted by Crippen LogP contribution is 2.23. The first-order valence-electron chi connectivity index (χ1n) is 6.13. The number of rotatable bonds is 0. The van der Waals surface area contributed by atoms with Crippen LogP contribution in [0.15, 0.2) is 18.2 Å². The summed E-state index contributed by atoms with van der Waals surface area (Å²) in [6.07, 6.45) is 1.25. The van der Waals surface area contributed by atoms with Crippen LogP contribution in [0.25, 0.3) is 0 Å². The van der Waals surface area contributed by atoms with E-state index in [-0.39, 0.29) is 11.9 Å². The van der Waals surface area contributed by atoms with Crippen LogP contribution < -0.4 is 10.1 Å². The Balaban J connectivity index is 0.000000437. The molecule has 0 bridgehead atoms. The van der Waals surface area contributed by atoms with Crippen LogP contribution in [0.2, 0.25) is 0 Å². The Bertz CT molecular complexity index is 388. The van der Waals surface area contributed by atoms with Gasteiger partial charge in [0.25, 0.3) is 5.91 Å². The van der Waals surface area contributed by atoms with Crippen LogP contribution in [0, 0.1) is 6.92 Å². The van der Waals surface area contributed by atoms with Gasteiger partial charge in [-0.2, -0.15) is 0 Å². The second kappa shape index (κ2) is 6.28. The van der Waals surface area contributed by atoms with Crippen molar-refractivity contribution in [2.75, 3.05) is 6.61 Å². The van der Waals surface area contributed by atoms with Gasteiger partial charge in [0.1, 0.15) is 12.4 Å². The summed E-state index contributed by atoms with van der Waals surface area (Å²) in [5.41, 5.74) is 1.62. The van der Waals surface area contributed by atoms with Gasteiger partial charge in [-0.1, -0.05) is 32.4 Å². The molecule has 17 heavy (non-hydrogen) atoms. The Morgan fingerprint density at radius 3 is 2.71 bits per heavy atom. The minimum atomic E-state index is -0.0388. The Morgan fingerprint density at radius 1 is 1.41 bits per heavy atom. The molecule has 3 nitrogen and oxygen atoms in total. The first-order chi connectivity index (χ1) is 8.10. The van der Waals surface area contributed by atoms with E-state index in [0.717, 1.165) is 5.56 Å². The zero-order valence-corrected chi connectivity index (χ0v) is 11.0. The SMILES string of the molecule is CCC.Cc1cccc2c1C(=O)NC(C)CO2. The average Bonchev–Trinajstić information content (AvgIpc) is 2.40. The lowest BCUT2D eigenvalue weighted by atomic mass is 10.1. The van der Waals surface area contributed by atoms with Crippen molar-refractivity contribution in [1.29, 1.82) is 0 Å². The smallest absolute Gasteiger partial charge is 0.255 e. The van der Waals surface area contributed by atoms with E-state index in [9.17, 15) is 4.79 Å². The molecule has 0 radical (unpaired) electrons. The predicted octanol–water partition coefficient (Wildman–Crippen LogP) is 2.92. The molecule has 1 unspecified atom stereocenters. The number of fused-ring (bicyclic) bond motifs is 1. The molecule has 1 aliphatic heterocycles. The molecule has 1 atom stereocenters. The zero-order chi connectivity index (χ0) is 12.8. The molecule has 94 valence electrons. The largest absolute Gasteiger partial charge is 0.491 e. The van der Waals surface area contributed by atoms with Crippen molar-refractivity contribution in [2.45, 2.75) is 40.2 Å². The van der Waals surface area contributed by atoms with E-state index in [4.69, 9.17) is 4.74 Å². The molecule has 1 aliphatic rings. The first-order valence-corrected chi connectivity index (χ1v) is 6.13. The van der Waals surface area contributed by atoms with Crippen molar-refractivity contribution < 1.29 is 9.53 Å². The van der Waals surface area contributed by atoms with E-state index in [2.05, 4.69) is 19.2 Å². The van der Waals surface area contributed by atoms with Gasteiger partial charge in [-0.05, 0) is 25.5 Å². The third-order valence-electron chi connectivity index (χ3n) is 2.33. The van der Waals surface area contributed by atoms with Crippen molar-refractivity contribution in [2.24, 2.45) is 0 Å². The lowest BCUT2D eigenvalue weighted by Gasteiger charge is -2.07. The van der Waals surface area contributed by atoms with Gasteiger partial charge in [0.15, 0.2) is 0 Å². The maximum atomic E-state index is 11.7. The van der Waals surface area contributed by atoms with E-state index < -0.39 is 0 Å². The monoisotopic (exact) mass is 235 g/mol. The molecule has 0 saturated carbocycles. The summed E-state index contributed by atoms with van der Waals surface area (Å²) in [6, 6.07) is 5.71. The molecule has 0 aliphatic carbocycles. The summed E-state index contributed by atoms with van der Waals surface area (Å²) in [6.45, 7) is 8.62. The average molecular weight is 235 g/mol. The second-order valence-electron chi connectivity index (χ2n) is 4.34. The second-order valence-corrected chi connectivity index (χ2v) is 4.34. The van der Waals surface area contributed by atoms with Crippen LogP contribution in [0.4, 0.5) is 0 Å². The molecule has 1 aromatic rings. The molecular weight excluding hydrogens is 214 g/mol. The number of ether oxygens (including phenoxy) is 1. The van der Waals surface area contributed by atoms with Crippen LogP contribution in [-0.2, 0) is 0 Å². The Hall–Kier alpha value is -1.51. The molecule has 0 saturated heterocycles. The van der Waals surface area contributed by atoms with E-state index in [1.54, 1.807) is 0 Å². The number of hydrogen-bond donors (Lipinski definition) is 1. The van der Waals surface area contributed by atoms with Gasteiger partial charge in [-0.25, -0.2) is 0 Å². The summed E-state index contributed by atoms with van der Waals surface area (Å²) >= 11 is 0. The highest BCUT2D eigenvalue weighted by molar-refractivity contribution is 5.98. The lowest BCUT2D eigenvalue weighted by molar-refractivity contribution is 0.0942. The van der Waals surface area contributed by atoms with Crippen molar-refractivity contribution in [3.05, 3.63) is 29.3 Å². The number of nitrogens with one attached hydrogen (secondary N) is 1. The van der Waals surface area contributed by atoms with E-state index >= 15 is 0 Å². The van der Waals surface area contributed by atoms with Crippen molar-refractivity contribution in [3.8, 4) is 5.75 Å². The predicted molar refractivity (Wildman–Crippen MR) is 69.6 cm³/mol. The minimum Gasteiger partial charge on any atom is -0.491 e. The lowest BCUT2D eigenvalue weighted by Crippen LogP contribution is -2.34. The third-order valence-corrected chi connectivity index (χ3v) is 2.33. The number of carbonyl (C=O) groups is 1. The summed E-state index contributed by atoms with van der Waals surface area (Å²) in [5, 5.41) is 2.87. The van der Waals surface area contributed by atoms with Crippen LogP contribution >= 0.6 is 0 Å². The molecule has 2 rings (SSSR count). The van der Waals surface area contributed by atoms with Gasteiger partial charge in [-0.3, -0.25) is 4.79 Å². The Kier molecular flexibility index (Phi) is 5.01. The highest BCUT2D eigenvalue weighted by atomic mass is 16.5. The standard InChI is InChI=1S/C11H13NO2.C3H8/c1-7-4-3-5-9-10(7)11(13)12-8(2)6-14-9;1-3-2/h3-5,8H,6H2,1-2H3,(H,12,13);3H2,1-2H3. The molecule has 3 heteroatoms. The van der Waals surface area contributed by atoms with E-state index in [1.165, 1.54) is 6.42 Å². The van der Waals surface area contributed by atoms with Crippen LogP contribution in [-0.4, -0.2) is 18.6 Å². The van der Waals surface area contributed by atoms with Gasteiger partial charge >= 0.3 is 0 Å². The molecular formula is C14H21NO2. The van der Waals surface area contributed by atoms with E-state index in [1.807, 2.05) is 32.0 Å². The van der Waals surface area contributed by atoms with Gasteiger partial charge in [0, 0.05) is 0 Å². The summed E-state index contributed by atoms with van der Waals surface area (Å²) < 4.78 is 5.53. The van der Waals surface area contributed by atoms with Gasteiger partial charge in [-0.15, -0.1) is 0 Å². The maximum absolute atomic E-state index is 11.7. The highest BCUT2D eigenvalue weighted by Gasteiger charge is 2.21. The molecule has 0 fully saturated rings. The number of hydrogen-bond acceptors (Lipinski definition) is 2. The van der Waals surface area contributed by atoms with Crippen LogP contribution in [0.5, 0.6) is 5.75 Å². The van der Waals surface area contributed by atoms with Gasteiger partial charge < -0.3 is 10.1 Å². The fraction of sp³-hybridized carbons (Fsp3) is 0.500. The topological polar surface area (TPSA) is 38.3 Å². The summed E-state index contributed by atoms with van der Waals surface area (Å²) in [7, 11) is 0. The van der Waals surface area contributed by atoms with Crippen molar-refractivity contribution in [3.63, 3.8) is 0 Å². The summed E-state index contributed by atoms with van der Waals surface area (Å²) in [5.74, 6) is 0.648. The number of amides is 1. The number of benzene rings is 1. The first kappa shape index (κ1) is 13.6. The van der Waals surface area contributed by atoms with Crippen LogP contribution in [0.3, 0.4) is 0 Å². The van der Waals surface area contributed by atoms with Gasteiger partial charge in [0.2, 0.25) is 0 Å². The Morgan fingerprint density at radius 2 is 2.06 bits per heavy atom. The molecule has 1 N–H and O–H groups in total. The molecule has 1 aromatic carbocycles. The quantitative estimate of drug-likeness (QED) is 0.751. The fourth-order valence-corrected chi connectivity index (χ4v) is 1.60. The number of aryl methyl sites for hydroxylation is 1. The van der Waals surface area contributed by atoms with Crippen molar-refractivity contribution >= 4 is 5.91 Å². The van der Waals surface area contributed by atoms with Crippen LogP contribution in [0.1, 0.15) is 43.1 Å². The molecule has 0 aromatic heterocycles. The van der Waals surface area contributed by atoms with E-state index in [0.29, 0.717) is 17.9 Å². The zero-order valence-electron chi connectivity index (χ0n) is 11.0. The number of carbonyl (C=O) groups excluding carboxylic acids is 1. The van der Waals surface area contributed by atoms with Crippen molar-refractivity contribution in [1.82, 2.24) is 5.32 Å². The third kappa shape index (κ3) is 3.48. The molecule has 1 heterocycles. The fourth-order valence-electron chi connectivity index (χ4n) is 1.60. The molecule has 1 amide bonds. The molecule has 0 spiro atoms. The minimum absolute atomic E-state index is 0.0388. The summed E-state index contributed by atoms with van der Waals surface area (Å²) in [4.78, 5) is 11.7.